The van der Waals surface area contributed by atoms with E-state index in [9.17, 15) is 0 Å². The molecule has 1 N–H and O–H groups in total. The third-order valence-electron chi connectivity index (χ3n) is 4.91. The Balaban J connectivity index is 1.69. The summed E-state index contributed by atoms with van der Waals surface area (Å²) in [5.74, 6) is 1.75. The Kier molecular flexibility index (Phi) is 5.70. The summed E-state index contributed by atoms with van der Waals surface area (Å²) in [5, 5.41) is 12.9. The van der Waals surface area contributed by atoms with Crippen LogP contribution in [0.15, 0.2) is 60.2 Å². The highest BCUT2D eigenvalue weighted by molar-refractivity contribution is 5.82. The van der Waals surface area contributed by atoms with Crippen molar-refractivity contribution in [3.8, 4) is 11.3 Å². The minimum Gasteiger partial charge on any atom is -0.325 e. The number of aryl methyl sites for hydroxylation is 2. The normalized spacial score (nSPS) is 14.9. The lowest BCUT2D eigenvalue weighted by atomic mass is 10.1. The fourth-order valence-corrected chi connectivity index (χ4v) is 3.37. The van der Waals surface area contributed by atoms with Crippen molar-refractivity contribution in [2.24, 2.45) is 4.99 Å². The summed E-state index contributed by atoms with van der Waals surface area (Å²) >= 11 is 0. The predicted molar refractivity (Wildman–Crippen MR) is 120 cm³/mol. The molecule has 0 saturated heterocycles. The quantitative estimate of drug-likeness (QED) is 0.699. The van der Waals surface area contributed by atoms with E-state index in [0.29, 0.717) is 0 Å². The highest BCUT2D eigenvalue weighted by Crippen LogP contribution is 2.21. The number of nitrogens with one attached hydrogen (secondary N) is 1. The van der Waals surface area contributed by atoms with Crippen molar-refractivity contribution >= 4 is 23.9 Å². The molecule has 3 heterocycles. The Morgan fingerprint density at radius 1 is 1.10 bits per heavy atom. The lowest BCUT2D eigenvalue weighted by molar-refractivity contribution is 0.551. The van der Waals surface area contributed by atoms with E-state index >= 15 is 0 Å². The maximum atomic E-state index is 4.79. The highest BCUT2D eigenvalue weighted by atomic mass is 15.4. The topological polar surface area (TPSA) is 60.0 Å². The molecule has 0 saturated carbocycles. The van der Waals surface area contributed by atoms with Crippen molar-refractivity contribution in [1.82, 2.24) is 19.6 Å². The van der Waals surface area contributed by atoms with Crippen LogP contribution in [0.25, 0.3) is 23.2 Å². The summed E-state index contributed by atoms with van der Waals surface area (Å²) < 4.78 is 3.86. The largest absolute Gasteiger partial charge is 0.325 e. The SMILES string of the molecule is C=Cc1cc2n(n1)CCCCCN=CC=C(n1ccc(-c3cccc(C)c3)n1)N2. The molecular formula is C23H26N6. The molecule has 0 aliphatic carbocycles. The van der Waals surface area contributed by atoms with Crippen molar-refractivity contribution in [2.75, 3.05) is 11.9 Å². The maximum absolute atomic E-state index is 4.79. The van der Waals surface area contributed by atoms with Gasteiger partial charge in [0, 0.05) is 37.1 Å². The molecule has 6 nitrogen and oxygen atoms in total. The average Bonchev–Trinajstić information content (AvgIpc) is 3.35. The number of allylic oxidation sites excluding steroid dienone is 1. The van der Waals surface area contributed by atoms with Crippen molar-refractivity contribution < 1.29 is 0 Å². The minimum atomic E-state index is 0.824. The van der Waals surface area contributed by atoms with Gasteiger partial charge in [0.1, 0.15) is 11.6 Å². The minimum absolute atomic E-state index is 0.824. The summed E-state index contributed by atoms with van der Waals surface area (Å²) in [6.45, 7) is 7.64. The molecule has 0 atom stereocenters. The third kappa shape index (κ3) is 4.54. The van der Waals surface area contributed by atoms with Gasteiger partial charge >= 0.3 is 0 Å². The van der Waals surface area contributed by atoms with Gasteiger partial charge in [-0.15, -0.1) is 0 Å². The molecule has 148 valence electrons. The first-order chi connectivity index (χ1) is 14.2. The van der Waals surface area contributed by atoms with Crippen molar-refractivity contribution in [2.45, 2.75) is 32.7 Å². The molecule has 4 rings (SSSR count). The molecule has 3 aromatic rings. The number of hydrogen-bond donors (Lipinski definition) is 1. The second kappa shape index (κ2) is 8.73. The van der Waals surface area contributed by atoms with E-state index in [2.05, 4.69) is 53.2 Å². The summed E-state index contributed by atoms with van der Waals surface area (Å²) in [7, 11) is 0. The van der Waals surface area contributed by atoms with Gasteiger partial charge in [0.05, 0.1) is 11.4 Å². The summed E-state index contributed by atoms with van der Waals surface area (Å²) in [4.78, 5) is 4.51. The first-order valence-corrected chi connectivity index (χ1v) is 10.0. The van der Waals surface area contributed by atoms with Crippen LogP contribution in [0.5, 0.6) is 0 Å². The van der Waals surface area contributed by atoms with E-state index in [1.807, 2.05) is 40.0 Å². The van der Waals surface area contributed by atoms with E-state index in [0.717, 1.165) is 60.9 Å². The molecule has 29 heavy (non-hydrogen) atoms. The van der Waals surface area contributed by atoms with Crippen LogP contribution in [-0.4, -0.2) is 32.3 Å². The van der Waals surface area contributed by atoms with Gasteiger partial charge in [-0.3, -0.25) is 4.99 Å². The highest BCUT2D eigenvalue weighted by Gasteiger charge is 2.11. The number of aliphatic imine (C=N–C) groups is 1. The molecule has 1 aliphatic rings. The van der Waals surface area contributed by atoms with E-state index in [4.69, 9.17) is 5.10 Å². The fraction of sp³-hybridized carbons (Fsp3) is 0.261. The number of benzene rings is 1. The zero-order valence-corrected chi connectivity index (χ0v) is 16.8. The van der Waals surface area contributed by atoms with Crippen LogP contribution in [0.1, 0.15) is 30.5 Å². The Morgan fingerprint density at radius 2 is 2.03 bits per heavy atom. The Morgan fingerprint density at radius 3 is 2.90 bits per heavy atom. The molecule has 0 amide bonds. The third-order valence-corrected chi connectivity index (χ3v) is 4.91. The standard InChI is InChI=1S/C23H26N6/c1-3-20-17-23-25-22(10-13-24-12-5-4-6-14-28(23)26-20)29-15-11-21(27-29)19-9-7-8-18(2)16-19/h3,7-11,13,15-17,25H,1,4-6,12,14H2,2H3. The first kappa shape index (κ1) is 18.9. The molecule has 0 radical (unpaired) electrons. The van der Waals surface area contributed by atoms with Crippen LogP contribution in [0.3, 0.4) is 0 Å². The van der Waals surface area contributed by atoms with Gasteiger partial charge in [-0.1, -0.05) is 30.3 Å². The molecule has 0 spiro atoms. The van der Waals surface area contributed by atoms with Crippen molar-refractivity contribution in [3.63, 3.8) is 0 Å². The first-order valence-electron chi connectivity index (χ1n) is 10.0. The van der Waals surface area contributed by atoms with Gasteiger partial charge in [0.15, 0.2) is 0 Å². The van der Waals surface area contributed by atoms with Gasteiger partial charge in [-0.25, -0.2) is 9.36 Å². The predicted octanol–water partition coefficient (Wildman–Crippen LogP) is 4.86. The molecule has 0 fully saturated rings. The van der Waals surface area contributed by atoms with Crippen molar-refractivity contribution in [3.05, 3.63) is 66.5 Å². The lowest BCUT2D eigenvalue weighted by Gasteiger charge is -2.13. The summed E-state index contributed by atoms with van der Waals surface area (Å²) in [5.41, 5.74) is 4.11. The number of rotatable bonds is 3. The van der Waals surface area contributed by atoms with Crippen LogP contribution < -0.4 is 5.32 Å². The lowest BCUT2D eigenvalue weighted by Crippen LogP contribution is -2.13. The maximum Gasteiger partial charge on any atom is 0.134 e. The van der Waals surface area contributed by atoms with E-state index in [1.54, 1.807) is 6.08 Å². The number of hydrogen-bond acceptors (Lipinski definition) is 4. The monoisotopic (exact) mass is 386 g/mol. The Labute approximate surface area is 171 Å². The van der Waals surface area contributed by atoms with Crippen LogP contribution in [0.2, 0.25) is 0 Å². The number of fused-ring (bicyclic) bond motifs is 1. The Hall–Kier alpha value is -3.41. The van der Waals surface area contributed by atoms with Crippen LogP contribution in [0, 0.1) is 6.92 Å². The molecule has 0 bridgehead atoms. The molecular weight excluding hydrogens is 360 g/mol. The number of aromatic nitrogens is 4. The van der Waals surface area contributed by atoms with Gasteiger partial charge in [-0.2, -0.15) is 10.2 Å². The Bertz CT molecular complexity index is 1050. The van der Waals surface area contributed by atoms with E-state index in [1.165, 1.54) is 5.56 Å². The zero-order valence-electron chi connectivity index (χ0n) is 16.8. The van der Waals surface area contributed by atoms with E-state index in [-0.39, 0.29) is 0 Å². The van der Waals surface area contributed by atoms with Crippen LogP contribution in [-0.2, 0) is 6.54 Å². The summed E-state index contributed by atoms with van der Waals surface area (Å²) in [6.07, 6.45) is 10.8. The zero-order chi connectivity index (χ0) is 20.1. The number of anilines is 1. The van der Waals surface area contributed by atoms with E-state index < -0.39 is 0 Å². The summed E-state index contributed by atoms with van der Waals surface area (Å²) in [6, 6.07) is 12.4. The molecule has 0 unspecified atom stereocenters. The van der Waals surface area contributed by atoms with Crippen molar-refractivity contribution in [1.29, 1.82) is 0 Å². The fourth-order valence-electron chi connectivity index (χ4n) is 3.37. The molecule has 6 heteroatoms. The van der Waals surface area contributed by atoms with Crippen LogP contribution in [0.4, 0.5) is 5.82 Å². The van der Waals surface area contributed by atoms with Crippen LogP contribution >= 0.6 is 0 Å². The second-order valence-electron chi connectivity index (χ2n) is 7.19. The van der Waals surface area contributed by atoms with Gasteiger partial charge in [0.25, 0.3) is 0 Å². The average molecular weight is 387 g/mol. The molecule has 1 aromatic carbocycles. The number of nitrogens with zero attached hydrogens (tertiary/aromatic N) is 5. The van der Waals surface area contributed by atoms with Gasteiger partial charge in [0.2, 0.25) is 0 Å². The van der Waals surface area contributed by atoms with Gasteiger partial charge in [-0.05, 0) is 50.5 Å². The van der Waals surface area contributed by atoms with Gasteiger partial charge < -0.3 is 5.32 Å². The smallest absolute Gasteiger partial charge is 0.134 e. The molecule has 1 aliphatic heterocycles. The second-order valence-corrected chi connectivity index (χ2v) is 7.19. The molecule has 2 aromatic heterocycles.